The van der Waals surface area contributed by atoms with Crippen molar-refractivity contribution < 1.29 is 18.0 Å². The fourth-order valence-corrected chi connectivity index (χ4v) is 5.32. The van der Waals surface area contributed by atoms with E-state index in [2.05, 4.69) is 5.32 Å². The maximum Gasteiger partial charge on any atom is 0.243 e. The first-order chi connectivity index (χ1) is 12.9. The van der Waals surface area contributed by atoms with E-state index in [9.17, 15) is 18.0 Å². The Morgan fingerprint density at radius 2 is 1.67 bits per heavy atom. The maximum absolute atomic E-state index is 13.0. The SMILES string of the molecule is CC(=O)Nc1ccc(S(=O)(=O)N2CCCC(C(=O)N3CCCCC3)C2)cc1. The highest BCUT2D eigenvalue weighted by Gasteiger charge is 2.35. The van der Waals surface area contributed by atoms with Crippen LogP contribution in [0.15, 0.2) is 29.2 Å². The zero-order valence-electron chi connectivity index (χ0n) is 15.7. The molecule has 2 aliphatic heterocycles. The van der Waals surface area contributed by atoms with Crippen molar-refractivity contribution in [2.75, 3.05) is 31.5 Å². The summed E-state index contributed by atoms with van der Waals surface area (Å²) in [6.45, 7) is 3.64. The minimum absolute atomic E-state index is 0.0932. The van der Waals surface area contributed by atoms with Gasteiger partial charge in [-0.3, -0.25) is 9.59 Å². The van der Waals surface area contributed by atoms with Crippen molar-refractivity contribution in [2.45, 2.75) is 43.9 Å². The molecule has 0 spiro atoms. The molecular formula is C19H27N3O4S. The number of carbonyl (C=O) groups excluding carboxylic acids is 2. The van der Waals surface area contributed by atoms with Crippen LogP contribution in [0.1, 0.15) is 39.0 Å². The second kappa shape index (κ2) is 8.39. The Kier molecular flexibility index (Phi) is 6.16. The van der Waals surface area contributed by atoms with Gasteiger partial charge in [0.1, 0.15) is 0 Å². The monoisotopic (exact) mass is 393 g/mol. The number of carbonyl (C=O) groups is 2. The van der Waals surface area contributed by atoms with Gasteiger partial charge in [-0.25, -0.2) is 8.42 Å². The molecule has 1 aromatic carbocycles. The molecule has 27 heavy (non-hydrogen) atoms. The van der Waals surface area contributed by atoms with Crippen molar-refractivity contribution in [3.05, 3.63) is 24.3 Å². The highest BCUT2D eigenvalue weighted by molar-refractivity contribution is 7.89. The zero-order valence-corrected chi connectivity index (χ0v) is 16.5. The first-order valence-electron chi connectivity index (χ1n) is 9.54. The molecule has 2 fully saturated rings. The first-order valence-corrected chi connectivity index (χ1v) is 11.0. The number of likely N-dealkylation sites (tertiary alicyclic amines) is 1. The number of anilines is 1. The normalized spacial score (nSPS) is 21.7. The summed E-state index contributed by atoms with van der Waals surface area (Å²) in [6, 6.07) is 6.15. The lowest BCUT2D eigenvalue weighted by atomic mass is 9.97. The van der Waals surface area contributed by atoms with E-state index in [1.54, 1.807) is 12.1 Å². The second-order valence-electron chi connectivity index (χ2n) is 7.29. The summed E-state index contributed by atoms with van der Waals surface area (Å²) in [5.74, 6) is -0.374. The van der Waals surface area contributed by atoms with Gasteiger partial charge in [0.2, 0.25) is 21.8 Å². The first kappa shape index (κ1) is 19.8. The van der Waals surface area contributed by atoms with Crippen molar-refractivity contribution in [3.63, 3.8) is 0 Å². The number of piperidine rings is 2. The summed E-state index contributed by atoms with van der Waals surface area (Å²) in [6.07, 6.45) is 4.64. The summed E-state index contributed by atoms with van der Waals surface area (Å²) < 4.78 is 27.4. The fourth-order valence-electron chi connectivity index (χ4n) is 3.80. The third-order valence-electron chi connectivity index (χ3n) is 5.21. The van der Waals surface area contributed by atoms with Crippen LogP contribution in [0, 0.1) is 5.92 Å². The third kappa shape index (κ3) is 4.68. The molecule has 0 aromatic heterocycles. The van der Waals surface area contributed by atoms with Crippen LogP contribution in [0.5, 0.6) is 0 Å². The third-order valence-corrected chi connectivity index (χ3v) is 7.09. The Balaban J connectivity index is 1.70. The van der Waals surface area contributed by atoms with Gasteiger partial charge in [-0.2, -0.15) is 4.31 Å². The summed E-state index contributed by atoms with van der Waals surface area (Å²) in [5.41, 5.74) is 0.554. The molecule has 1 atom stereocenters. The largest absolute Gasteiger partial charge is 0.342 e. The predicted molar refractivity (Wildman–Crippen MR) is 103 cm³/mol. The Labute approximate surface area is 160 Å². The standard InChI is InChI=1S/C19H27N3O4S/c1-15(23)20-17-7-9-18(10-8-17)27(25,26)22-13-5-6-16(14-22)19(24)21-11-3-2-4-12-21/h7-10,16H,2-6,11-14H2,1H3,(H,20,23). The smallest absolute Gasteiger partial charge is 0.243 e. The Hall–Kier alpha value is -1.93. The minimum atomic E-state index is -3.65. The quantitative estimate of drug-likeness (QED) is 0.848. The number of sulfonamides is 1. The van der Waals surface area contributed by atoms with Crippen molar-refractivity contribution in [3.8, 4) is 0 Å². The van der Waals surface area contributed by atoms with Crippen LogP contribution < -0.4 is 5.32 Å². The molecule has 0 bridgehead atoms. The Morgan fingerprint density at radius 1 is 1.00 bits per heavy atom. The number of hydrogen-bond donors (Lipinski definition) is 1. The molecule has 1 unspecified atom stereocenters. The van der Waals surface area contributed by atoms with Crippen LogP contribution in [-0.4, -0.2) is 55.6 Å². The molecule has 1 aromatic rings. The number of benzene rings is 1. The Bertz CT molecular complexity index is 786. The number of amides is 2. The highest BCUT2D eigenvalue weighted by atomic mass is 32.2. The van der Waals surface area contributed by atoms with Crippen LogP contribution in [0.4, 0.5) is 5.69 Å². The number of hydrogen-bond acceptors (Lipinski definition) is 4. The van der Waals surface area contributed by atoms with E-state index < -0.39 is 10.0 Å². The average Bonchev–Trinajstić information content (AvgIpc) is 2.68. The van der Waals surface area contributed by atoms with E-state index >= 15 is 0 Å². The maximum atomic E-state index is 13.0. The van der Waals surface area contributed by atoms with Crippen molar-refractivity contribution in [1.29, 1.82) is 0 Å². The molecule has 3 rings (SSSR count). The van der Waals surface area contributed by atoms with Gasteiger partial charge in [-0.1, -0.05) is 0 Å². The molecule has 1 N–H and O–H groups in total. The molecular weight excluding hydrogens is 366 g/mol. The molecule has 0 saturated carbocycles. The van der Waals surface area contributed by atoms with Crippen LogP contribution in [0.25, 0.3) is 0 Å². The average molecular weight is 394 g/mol. The van der Waals surface area contributed by atoms with Gasteiger partial charge in [0.05, 0.1) is 10.8 Å². The number of nitrogens with zero attached hydrogens (tertiary/aromatic N) is 2. The van der Waals surface area contributed by atoms with Crippen molar-refractivity contribution >= 4 is 27.5 Å². The van der Waals surface area contributed by atoms with Gasteiger partial charge in [0, 0.05) is 38.8 Å². The molecule has 2 heterocycles. The highest BCUT2D eigenvalue weighted by Crippen LogP contribution is 2.26. The predicted octanol–water partition coefficient (Wildman–Crippen LogP) is 2.06. The molecule has 0 aliphatic carbocycles. The van der Waals surface area contributed by atoms with Crippen LogP contribution >= 0.6 is 0 Å². The minimum Gasteiger partial charge on any atom is -0.342 e. The second-order valence-corrected chi connectivity index (χ2v) is 9.23. The molecule has 0 radical (unpaired) electrons. The van der Waals surface area contributed by atoms with Crippen LogP contribution in [-0.2, 0) is 19.6 Å². The topological polar surface area (TPSA) is 86.8 Å². The van der Waals surface area contributed by atoms with Crippen molar-refractivity contribution in [1.82, 2.24) is 9.21 Å². The van der Waals surface area contributed by atoms with Crippen molar-refractivity contribution in [2.24, 2.45) is 5.92 Å². The van der Waals surface area contributed by atoms with E-state index in [0.29, 0.717) is 18.7 Å². The van der Waals surface area contributed by atoms with E-state index in [1.165, 1.54) is 23.4 Å². The number of nitrogens with one attached hydrogen (secondary N) is 1. The molecule has 7 nitrogen and oxygen atoms in total. The summed E-state index contributed by atoms with van der Waals surface area (Å²) in [5, 5.41) is 2.62. The van der Waals surface area contributed by atoms with Gasteiger partial charge in [-0.15, -0.1) is 0 Å². The van der Waals surface area contributed by atoms with Crippen LogP contribution in [0.3, 0.4) is 0 Å². The lowest BCUT2D eigenvalue weighted by molar-refractivity contribution is -0.137. The molecule has 8 heteroatoms. The van der Waals surface area contributed by atoms with E-state index in [4.69, 9.17) is 0 Å². The van der Waals surface area contributed by atoms with E-state index in [1.807, 2.05) is 4.90 Å². The summed E-state index contributed by atoms with van der Waals surface area (Å²) in [7, 11) is -3.65. The summed E-state index contributed by atoms with van der Waals surface area (Å²) in [4.78, 5) is 26.0. The van der Waals surface area contributed by atoms with Gasteiger partial charge >= 0.3 is 0 Å². The van der Waals surface area contributed by atoms with Gasteiger partial charge in [0.15, 0.2) is 0 Å². The number of rotatable bonds is 4. The molecule has 2 amide bonds. The fraction of sp³-hybridized carbons (Fsp3) is 0.579. The molecule has 148 valence electrons. The van der Waals surface area contributed by atoms with Crippen LogP contribution in [0.2, 0.25) is 0 Å². The van der Waals surface area contributed by atoms with Gasteiger partial charge in [-0.05, 0) is 56.4 Å². The molecule has 2 saturated heterocycles. The van der Waals surface area contributed by atoms with E-state index in [0.717, 1.165) is 38.8 Å². The zero-order chi connectivity index (χ0) is 19.4. The lowest BCUT2D eigenvalue weighted by Gasteiger charge is -2.35. The molecule has 2 aliphatic rings. The van der Waals surface area contributed by atoms with Gasteiger partial charge < -0.3 is 10.2 Å². The van der Waals surface area contributed by atoms with E-state index in [-0.39, 0.29) is 29.2 Å². The summed E-state index contributed by atoms with van der Waals surface area (Å²) >= 11 is 0. The van der Waals surface area contributed by atoms with Gasteiger partial charge in [0.25, 0.3) is 0 Å². The Morgan fingerprint density at radius 3 is 2.30 bits per heavy atom. The lowest BCUT2D eigenvalue weighted by Crippen LogP contribution is -2.47.